The van der Waals surface area contributed by atoms with Crippen molar-refractivity contribution in [3.63, 3.8) is 0 Å². The minimum Gasteiger partial charge on any atom is -0.487 e. The molecular formula is C27H25N5O3S2. The minimum absolute atomic E-state index is 0.240. The first-order valence-electron chi connectivity index (χ1n) is 11.6. The highest BCUT2D eigenvalue weighted by Crippen LogP contribution is 2.33. The number of hydrogen-bond donors (Lipinski definition) is 2. The first-order valence-corrected chi connectivity index (χ1v) is 14.1. The number of ether oxygens (including phenoxy) is 1. The van der Waals surface area contributed by atoms with Gasteiger partial charge in [-0.25, -0.2) is 13.4 Å². The van der Waals surface area contributed by atoms with Crippen molar-refractivity contribution < 1.29 is 13.2 Å². The Morgan fingerprint density at radius 3 is 2.46 bits per heavy atom. The van der Waals surface area contributed by atoms with E-state index in [9.17, 15) is 8.42 Å². The molecule has 0 amide bonds. The Hall–Kier alpha value is -4.02. The molecule has 0 aliphatic heterocycles. The monoisotopic (exact) mass is 531 g/mol. The number of nitrogens with one attached hydrogen (secondary N) is 2. The van der Waals surface area contributed by atoms with Gasteiger partial charge in [0.05, 0.1) is 31.7 Å². The van der Waals surface area contributed by atoms with Crippen LogP contribution in [0.5, 0.6) is 5.75 Å². The van der Waals surface area contributed by atoms with Crippen LogP contribution in [0.2, 0.25) is 0 Å². The van der Waals surface area contributed by atoms with Crippen molar-refractivity contribution in [2.45, 2.75) is 30.6 Å². The summed E-state index contributed by atoms with van der Waals surface area (Å²) in [5.41, 5.74) is 2.87. The first-order chi connectivity index (χ1) is 17.9. The highest BCUT2D eigenvalue weighted by atomic mass is 32.2. The summed E-state index contributed by atoms with van der Waals surface area (Å²) >= 11 is 1.49. The van der Waals surface area contributed by atoms with Gasteiger partial charge in [-0.2, -0.15) is 4.98 Å². The van der Waals surface area contributed by atoms with E-state index in [0.717, 1.165) is 27.3 Å². The third kappa shape index (κ3) is 5.55. The predicted molar refractivity (Wildman–Crippen MR) is 148 cm³/mol. The molecule has 3 heterocycles. The average Bonchev–Trinajstić information content (AvgIpc) is 3.38. The Morgan fingerprint density at radius 1 is 0.919 bits per heavy atom. The van der Waals surface area contributed by atoms with E-state index in [4.69, 9.17) is 4.74 Å². The van der Waals surface area contributed by atoms with Gasteiger partial charge in [0, 0.05) is 11.9 Å². The van der Waals surface area contributed by atoms with Crippen molar-refractivity contribution in [3.05, 3.63) is 90.1 Å². The van der Waals surface area contributed by atoms with Crippen molar-refractivity contribution in [2.75, 3.05) is 10.6 Å². The van der Waals surface area contributed by atoms with Gasteiger partial charge in [-0.05, 0) is 73.8 Å². The van der Waals surface area contributed by atoms with Crippen LogP contribution in [0.3, 0.4) is 0 Å². The summed E-state index contributed by atoms with van der Waals surface area (Å²) in [6.07, 6.45) is 1.74. The van der Waals surface area contributed by atoms with Crippen LogP contribution in [0.1, 0.15) is 19.5 Å². The van der Waals surface area contributed by atoms with Gasteiger partial charge in [0.1, 0.15) is 12.4 Å². The van der Waals surface area contributed by atoms with Gasteiger partial charge >= 0.3 is 0 Å². The molecule has 0 aliphatic rings. The van der Waals surface area contributed by atoms with Crippen LogP contribution in [0.15, 0.2) is 89.3 Å². The molecule has 5 aromatic rings. The fraction of sp³-hybridized carbons (Fsp3) is 0.148. The Bertz CT molecular complexity index is 1620. The summed E-state index contributed by atoms with van der Waals surface area (Å²) in [5.74, 6) is 1.64. The number of rotatable bonds is 9. The van der Waals surface area contributed by atoms with E-state index >= 15 is 0 Å². The van der Waals surface area contributed by atoms with Crippen LogP contribution in [-0.4, -0.2) is 28.6 Å². The lowest BCUT2D eigenvalue weighted by atomic mass is 10.3. The number of fused-ring (bicyclic) bond motifs is 1. The number of anilines is 4. The summed E-state index contributed by atoms with van der Waals surface area (Å²) in [6, 6.07) is 22.0. The van der Waals surface area contributed by atoms with Crippen LogP contribution in [0.4, 0.5) is 23.1 Å². The van der Waals surface area contributed by atoms with E-state index < -0.39 is 15.1 Å². The molecular weight excluding hydrogens is 506 g/mol. The van der Waals surface area contributed by atoms with E-state index in [1.54, 1.807) is 44.3 Å². The Morgan fingerprint density at radius 2 is 1.70 bits per heavy atom. The third-order valence-electron chi connectivity index (χ3n) is 5.59. The topological polar surface area (TPSA) is 106 Å². The quantitative estimate of drug-likeness (QED) is 0.227. The largest absolute Gasteiger partial charge is 0.487 e. The molecule has 8 nitrogen and oxygen atoms in total. The lowest BCUT2D eigenvalue weighted by Crippen LogP contribution is -2.15. The average molecular weight is 532 g/mol. The van der Waals surface area contributed by atoms with Crippen molar-refractivity contribution >= 4 is 54.5 Å². The lowest BCUT2D eigenvalue weighted by Gasteiger charge is -2.15. The second-order valence-electron chi connectivity index (χ2n) is 8.50. The first kappa shape index (κ1) is 24.7. The molecule has 37 heavy (non-hydrogen) atoms. The maximum Gasteiger partial charge on any atom is 0.229 e. The molecule has 3 aromatic heterocycles. The molecule has 0 saturated carbocycles. The van der Waals surface area contributed by atoms with Gasteiger partial charge in [-0.3, -0.25) is 4.98 Å². The highest BCUT2D eigenvalue weighted by Gasteiger charge is 2.23. The number of pyridine rings is 1. The number of thiophene rings is 1. The molecule has 0 spiro atoms. The molecule has 10 heteroatoms. The van der Waals surface area contributed by atoms with Gasteiger partial charge in [-0.15, -0.1) is 11.3 Å². The van der Waals surface area contributed by atoms with Gasteiger partial charge in [-0.1, -0.05) is 18.2 Å². The van der Waals surface area contributed by atoms with Crippen LogP contribution in [0.25, 0.3) is 10.2 Å². The smallest absolute Gasteiger partial charge is 0.229 e. The molecule has 0 atom stereocenters. The van der Waals surface area contributed by atoms with Crippen LogP contribution < -0.4 is 15.4 Å². The molecule has 0 bridgehead atoms. The summed E-state index contributed by atoms with van der Waals surface area (Å²) in [7, 11) is -3.49. The van der Waals surface area contributed by atoms with Gasteiger partial charge in [0.15, 0.2) is 15.7 Å². The predicted octanol–water partition coefficient (Wildman–Crippen LogP) is 6.33. The zero-order chi connectivity index (χ0) is 25.8. The second kappa shape index (κ2) is 10.5. The normalized spacial score (nSPS) is 11.5. The number of para-hydroxylation sites is 1. The Balaban J connectivity index is 1.38. The molecule has 2 aromatic carbocycles. The second-order valence-corrected chi connectivity index (χ2v) is 11.9. The Kier molecular flexibility index (Phi) is 7.02. The SMILES string of the molecule is CC(C)S(=O)(=O)c1ccccc1Nc1nc(Nc2ccc(OCc3ccccn3)cc2)nc2ccsc12. The number of nitrogens with zero attached hydrogens (tertiary/aromatic N) is 3. The van der Waals surface area contributed by atoms with E-state index in [-0.39, 0.29) is 4.90 Å². The molecule has 2 N–H and O–H groups in total. The lowest BCUT2D eigenvalue weighted by molar-refractivity contribution is 0.301. The molecule has 0 radical (unpaired) electrons. The molecule has 0 unspecified atom stereocenters. The van der Waals surface area contributed by atoms with E-state index in [2.05, 4.69) is 25.6 Å². The molecule has 0 aliphatic carbocycles. The Labute approximate surface area is 219 Å². The van der Waals surface area contributed by atoms with Crippen molar-refractivity contribution in [1.82, 2.24) is 15.0 Å². The minimum atomic E-state index is -3.49. The van der Waals surface area contributed by atoms with Crippen molar-refractivity contribution in [2.24, 2.45) is 0 Å². The van der Waals surface area contributed by atoms with E-state index in [1.165, 1.54) is 11.3 Å². The van der Waals surface area contributed by atoms with E-state index in [0.29, 0.717) is 24.1 Å². The molecule has 5 rings (SSSR count). The fourth-order valence-electron chi connectivity index (χ4n) is 3.61. The highest BCUT2D eigenvalue weighted by molar-refractivity contribution is 7.92. The van der Waals surface area contributed by atoms with Gasteiger partial charge in [0.25, 0.3) is 0 Å². The molecule has 0 fully saturated rings. The maximum atomic E-state index is 12.9. The third-order valence-corrected chi connectivity index (χ3v) is 8.71. The summed E-state index contributed by atoms with van der Waals surface area (Å²) in [4.78, 5) is 13.8. The fourth-order valence-corrected chi connectivity index (χ4v) is 5.59. The van der Waals surface area contributed by atoms with Gasteiger partial charge in [0.2, 0.25) is 5.95 Å². The van der Waals surface area contributed by atoms with Crippen molar-refractivity contribution in [3.8, 4) is 5.75 Å². The maximum absolute atomic E-state index is 12.9. The number of sulfone groups is 1. The number of aromatic nitrogens is 3. The van der Waals surface area contributed by atoms with Crippen LogP contribution in [-0.2, 0) is 16.4 Å². The zero-order valence-corrected chi connectivity index (χ0v) is 21.9. The summed E-state index contributed by atoms with van der Waals surface area (Å²) in [5, 5.41) is 7.86. The zero-order valence-electron chi connectivity index (χ0n) is 20.3. The van der Waals surface area contributed by atoms with Crippen LogP contribution in [0, 0.1) is 0 Å². The van der Waals surface area contributed by atoms with Gasteiger partial charge < -0.3 is 15.4 Å². The summed E-state index contributed by atoms with van der Waals surface area (Å²) in [6.45, 7) is 3.73. The molecule has 188 valence electrons. The van der Waals surface area contributed by atoms with Crippen LogP contribution >= 0.6 is 11.3 Å². The number of benzene rings is 2. The standard InChI is InChI=1S/C27H25N5O3S2/c1-18(2)37(33,34)24-9-4-3-8-22(24)30-26-25-23(14-16-36-25)31-27(32-26)29-19-10-12-21(13-11-19)35-17-20-7-5-6-15-28-20/h3-16,18H,17H2,1-2H3,(H2,29,30,31,32). The van der Waals surface area contributed by atoms with Crippen molar-refractivity contribution in [1.29, 1.82) is 0 Å². The summed E-state index contributed by atoms with van der Waals surface area (Å²) < 4.78 is 32.5. The molecule has 0 saturated heterocycles. The number of hydrogen-bond acceptors (Lipinski definition) is 9. The van der Waals surface area contributed by atoms with E-state index in [1.807, 2.05) is 53.9 Å².